The van der Waals surface area contributed by atoms with E-state index in [-0.39, 0.29) is 5.69 Å². The van der Waals surface area contributed by atoms with Gasteiger partial charge < -0.3 is 4.57 Å². The van der Waals surface area contributed by atoms with Gasteiger partial charge in [-0.05, 0) is 17.9 Å². The summed E-state index contributed by atoms with van der Waals surface area (Å²) in [5, 5.41) is 9.17. The molecule has 2 aromatic rings. The van der Waals surface area contributed by atoms with Gasteiger partial charge in [-0.3, -0.25) is 0 Å². The Morgan fingerprint density at radius 2 is 2.00 bits per heavy atom. The maximum atomic E-state index is 11.6. The molecular formula is C16H17N3O. The molecule has 0 saturated carbocycles. The smallest absolute Gasteiger partial charge is 0.301 e. The zero-order valence-electron chi connectivity index (χ0n) is 11.9. The lowest BCUT2D eigenvalue weighted by atomic mass is 9.96. The number of hydrogen-bond acceptors (Lipinski definition) is 3. The third-order valence-corrected chi connectivity index (χ3v) is 3.57. The van der Waals surface area contributed by atoms with E-state index in [0.717, 1.165) is 12.0 Å². The molecule has 2 rings (SSSR count). The molecule has 1 heterocycles. The molecule has 1 unspecified atom stereocenters. The standard InChI is InChI=1S/C16H17N3O/c1-4-11(2)12-5-7-13(8-6-12)15-14(9-17)10-19(3)16(20)18-15/h5-8,10-11H,4H2,1-3H3. The van der Waals surface area contributed by atoms with Crippen LogP contribution in [0, 0.1) is 11.3 Å². The summed E-state index contributed by atoms with van der Waals surface area (Å²) >= 11 is 0. The van der Waals surface area contributed by atoms with E-state index < -0.39 is 0 Å². The Morgan fingerprint density at radius 1 is 1.35 bits per heavy atom. The Morgan fingerprint density at radius 3 is 2.55 bits per heavy atom. The molecule has 1 aromatic heterocycles. The summed E-state index contributed by atoms with van der Waals surface area (Å²) in [5.41, 5.74) is 2.55. The van der Waals surface area contributed by atoms with Crippen LogP contribution in [0.4, 0.5) is 0 Å². The second kappa shape index (κ2) is 5.70. The van der Waals surface area contributed by atoms with Crippen molar-refractivity contribution in [3.63, 3.8) is 0 Å². The molecule has 0 amide bonds. The molecule has 0 spiro atoms. The predicted octanol–water partition coefficient (Wildman–Crippen LogP) is 2.83. The molecule has 20 heavy (non-hydrogen) atoms. The van der Waals surface area contributed by atoms with E-state index in [1.165, 1.54) is 16.3 Å². The van der Waals surface area contributed by atoms with Crippen molar-refractivity contribution in [1.29, 1.82) is 5.26 Å². The third-order valence-electron chi connectivity index (χ3n) is 3.57. The monoisotopic (exact) mass is 267 g/mol. The third kappa shape index (κ3) is 2.62. The van der Waals surface area contributed by atoms with Gasteiger partial charge in [-0.25, -0.2) is 4.79 Å². The zero-order valence-corrected chi connectivity index (χ0v) is 11.9. The highest BCUT2D eigenvalue weighted by atomic mass is 16.1. The lowest BCUT2D eigenvalue weighted by molar-refractivity contribution is 0.734. The first kappa shape index (κ1) is 14.0. The maximum Gasteiger partial charge on any atom is 0.347 e. The first-order valence-corrected chi connectivity index (χ1v) is 6.65. The predicted molar refractivity (Wildman–Crippen MR) is 78.3 cm³/mol. The van der Waals surface area contributed by atoms with Crippen LogP contribution in [-0.4, -0.2) is 9.55 Å². The van der Waals surface area contributed by atoms with E-state index in [1.54, 1.807) is 7.05 Å². The fourth-order valence-electron chi connectivity index (χ4n) is 2.05. The number of nitriles is 1. The molecule has 0 N–H and O–H groups in total. The van der Waals surface area contributed by atoms with Crippen LogP contribution in [0.25, 0.3) is 11.3 Å². The fourth-order valence-corrected chi connectivity index (χ4v) is 2.05. The van der Waals surface area contributed by atoms with Crippen molar-refractivity contribution in [1.82, 2.24) is 9.55 Å². The second-order valence-corrected chi connectivity index (χ2v) is 4.94. The highest BCUT2D eigenvalue weighted by molar-refractivity contribution is 5.66. The zero-order chi connectivity index (χ0) is 14.7. The van der Waals surface area contributed by atoms with E-state index in [1.807, 2.05) is 24.3 Å². The first-order chi connectivity index (χ1) is 9.56. The van der Waals surface area contributed by atoms with Gasteiger partial charge in [0.25, 0.3) is 0 Å². The normalized spacial score (nSPS) is 11.9. The van der Waals surface area contributed by atoms with Gasteiger partial charge in [0.05, 0.1) is 11.3 Å². The van der Waals surface area contributed by atoms with Crippen LogP contribution in [-0.2, 0) is 7.05 Å². The lowest BCUT2D eigenvalue weighted by Gasteiger charge is -2.10. The Hall–Kier alpha value is -2.41. The van der Waals surface area contributed by atoms with Crippen LogP contribution >= 0.6 is 0 Å². The van der Waals surface area contributed by atoms with Crippen LogP contribution in [0.1, 0.15) is 37.3 Å². The number of benzene rings is 1. The number of nitrogens with zero attached hydrogens (tertiary/aromatic N) is 3. The Bertz CT molecular complexity index is 708. The van der Waals surface area contributed by atoms with Gasteiger partial charge in [0.15, 0.2) is 0 Å². The molecule has 1 aromatic carbocycles. The van der Waals surface area contributed by atoms with Gasteiger partial charge in [-0.15, -0.1) is 0 Å². The van der Waals surface area contributed by atoms with Gasteiger partial charge in [-0.1, -0.05) is 38.1 Å². The molecule has 4 heteroatoms. The number of aromatic nitrogens is 2. The fraction of sp³-hybridized carbons (Fsp3) is 0.312. The van der Waals surface area contributed by atoms with Crippen LogP contribution in [0.3, 0.4) is 0 Å². The minimum Gasteiger partial charge on any atom is -0.301 e. The maximum absolute atomic E-state index is 11.6. The topological polar surface area (TPSA) is 58.7 Å². The number of rotatable bonds is 3. The van der Waals surface area contributed by atoms with Gasteiger partial charge in [0.2, 0.25) is 0 Å². The molecule has 0 bridgehead atoms. The van der Waals surface area contributed by atoms with E-state index >= 15 is 0 Å². The Labute approximate surface area is 118 Å². The van der Waals surface area contributed by atoms with Gasteiger partial charge in [0, 0.05) is 18.8 Å². The molecule has 0 saturated heterocycles. The van der Waals surface area contributed by atoms with Crippen LogP contribution < -0.4 is 5.69 Å². The van der Waals surface area contributed by atoms with Crippen LogP contribution in [0.5, 0.6) is 0 Å². The van der Waals surface area contributed by atoms with Gasteiger partial charge in [0.1, 0.15) is 6.07 Å². The molecule has 0 aliphatic rings. The van der Waals surface area contributed by atoms with E-state index in [9.17, 15) is 10.1 Å². The van der Waals surface area contributed by atoms with Crippen molar-refractivity contribution in [3.8, 4) is 17.3 Å². The average Bonchev–Trinajstić information content (AvgIpc) is 2.49. The van der Waals surface area contributed by atoms with Crippen molar-refractivity contribution >= 4 is 0 Å². The molecule has 0 fully saturated rings. The molecule has 0 aliphatic heterocycles. The van der Waals surface area contributed by atoms with Crippen molar-refractivity contribution in [3.05, 3.63) is 52.1 Å². The number of aryl methyl sites for hydroxylation is 1. The summed E-state index contributed by atoms with van der Waals surface area (Å²) in [6.45, 7) is 4.32. The molecule has 1 atom stereocenters. The minimum atomic E-state index is -0.356. The molecule has 102 valence electrons. The first-order valence-electron chi connectivity index (χ1n) is 6.65. The van der Waals surface area contributed by atoms with Crippen LogP contribution in [0.15, 0.2) is 35.3 Å². The Balaban J connectivity index is 2.50. The highest BCUT2D eigenvalue weighted by Crippen LogP contribution is 2.24. The second-order valence-electron chi connectivity index (χ2n) is 4.94. The van der Waals surface area contributed by atoms with Crippen molar-refractivity contribution in [2.75, 3.05) is 0 Å². The largest absolute Gasteiger partial charge is 0.347 e. The Kier molecular flexibility index (Phi) is 3.99. The molecular weight excluding hydrogens is 250 g/mol. The van der Waals surface area contributed by atoms with E-state index in [4.69, 9.17) is 0 Å². The van der Waals surface area contributed by atoms with Crippen molar-refractivity contribution in [2.45, 2.75) is 26.2 Å². The van der Waals surface area contributed by atoms with Gasteiger partial charge >= 0.3 is 5.69 Å². The van der Waals surface area contributed by atoms with Gasteiger partial charge in [-0.2, -0.15) is 10.2 Å². The summed E-state index contributed by atoms with van der Waals surface area (Å²) in [6, 6.07) is 9.99. The number of hydrogen-bond donors (Lipinski definition) is 0. The molecule has 4 nitrogen and oxygen atoms in total. The lowest BCUT2D eigenvalue weighted by Crippen LogP contribution is -2.20. The van der Waals surface area contributed by atoms with Crippen LogP contribution in [0.2, 0.25) is 0 Å². The summed E-state index contributed by atoms with van der Waals surface area (Å²) in [5.74, 6) is 0.496. The molecule has 0 radical (unpaired) electrons. The molecule has 0 aliphatic carbocycles. The highest BCUT2D eigenvalue weighted by Gasteiger charge is 2.10. The van der Waals surface area contributed by atoms with E-state index in [0.29, 0.717) is 17.2 Å². The van der Waals surface area contributed by atoms with E-state index in [2.05, 4.69) is 24.9 Å². The van der Waals surface area contributed by atoms with Crippen molar-refractivity contribution < 1.29 is 0 Å². The quantitative estimate of drug-likeness (QED) is 0.859. The minimum absolute atomic E-state index is 0.356. The summed E-state index contributed by atoms with van der Waals surface area (Å²) in [7, 11) is 1.59. The average molecular weight is 267 g/mol. The summed E-state index contributed by atoms with van der Waals surface area (Å²) in [6.07, 6.45) is 2.60. The van der Waals surface area contributed by atoms with Crippen molar-refractivity contribution in [2.24, 2.45) is 7.05 Å². The summed E-state index contributed by atoms with van der Waals surface area (Å²) < 4.78 is 1.32. The SMILES string of the molecule is CCC(C)c1ccc(-c2nc(=O)n(C)cc2C#N)cc1. The summed E-state index contributed by atoms with van der Waals surface area (Å²) in [4.78, 5) is 15.6.